The van der Waals surface area contributed by atoms with E-state index in [0.29, 0.717) is 0 Å². The van der Waals surface area contributed by atoms with Crippen LogP contribution >= 0.6 is 0 Å². The van der Waals surface area contributed by atoms with Crippen molar-refractivity contribution in [1.82, 2.24) is 0 Å². The minimum Gasteiger partial charge on any atom is 0.316 e. The van der Waals surface area contributed by atoms with Crippen LogP contribution in [0.4, 0.5) is 4.79 Å². The van der Waals surface area contributed by atoms with E-state index in [4.69, 9.17) is 15.0 Å². The molecule has 0 aromatic heterocycles. The fourth-order valence-corrected chi connectivity index (χ4v) is 0. The van der Waals surface area contributed by atoms with Gasteiger partial charge in [0, 0.05) is 0 Å². The Balaban J connectivity index is -0.0000000450. The molecule has 0 fully saturated rings. The first-order chi connectivity index (χ1) is 1.73. The van der Waals surface area contributed by atoms with Crippen LogP contribution in [0.2, 0.25) is 0 Å². The van der Waals surface area contributed by atoms with Gasteiger partial charge < -0.3 is 10.2 Å². The van der Waals surface area contributed by atoms with Crippen molar-refractivity contribution < 1.29 is 15.0 Å². The Morgan fingerprint density at radius 1 is 1.33 bits per heavy atom. The molecular formula is CH6CaMgO3. The molecule has 0 radical (unpaired) electrons. The van der Waals surface area contributed by atoms with Gasteiger partial charge in [-0.25, -0.2) is 4.79 Å². The van der Waals surface area contributed by atoms with E-state index >= 15 is 0 Å². The van der Waals surface area contributed by atoms with Crippen LogP contribution < -0.4 is 0 Å². The molecule has 0 bridgehead atoms. The third kappa shape index (κ3) is 58.2. The normalized spacial score (nSPS) is 4.00. The van der Waals surface area contributed by atoms with Crippen LogP contribution in [0.1, 0.15) is 0 Å². The van der Waals surface area contributed by atoms with Crippen molar-refractivity contribution in [2.45, 2.75) is 0 Å². The zero-order chi connectivity index (χ0) is 3.58. The molecule has 0 spiro atoms. The number of carboxylic acid groups (broad SMARTS) is 2. The Labute approximate surface area is 80.9 Å². The largest absolute Gasteiger partial charge is 0.316 e. The van der Waals surface area contributed by atoms with Gasteiger partial charge in [0.15, 0.2) is 0 Å². The molecule has 0 aliphatic heterocycles. The number of hydrogen-bond donors (Lipinski definition) is 2. The molecule has 32 valence electrons. The summed E-state index contributed by atoms with van der Waals surface area (Å²) < 4.78 is 0. The average Bonchev–Trinajstić information content (AvgIpc) is 0.811. The maximum Gasteiger partial charge on any atom is 0.316 e. The van der Waals surface area contributed by atoms with Gasteiger partial charge in [-0.1, -0.05) is 0 Å². The maximum atomic E-state index is 8.56. The molecule has 0 aromatic carbocycles. The quantitative estimate of drug-likeness (QED) is 0.388. The topological polar surface area (TPSA) is 57.5 Å². The molecule has 5 heteroatoms. The van der Waals surface area contributed by atoms with E-state index in [1.165, 1.54) is 0 Å². The fourth-order valence-electron chi connectivity index (χ4n) is 0. The Morgan fingerprint density at radius 2 is 1.33 bits per heavy atom. The van der Waals surface area contributed by atoms with Crippen molar-refractivity contribution in [3.8, 4) is 0 Å². The predicted octanol–water partition coefficient (Wildman–Crippen LogP) is -1.61. The third-order valence-corrected chi connectivity index (χ3v) is 0. The minimum atomic E-state index is -1.83. The van der Waals surface area contributed by atoms with Crippen molar-refractivity contribution in [2.75, 3.05) is 0 Å². The second-order valence-electron chi connectivity index (χ2n) is 0.283. The van der Waals surface area contributed by atoms with Crippen molar-refractivity contribution >= 4 is 66.9 Å². The van der Waals surface area contributed by atoms with Gasteiger partial charge in [0.2, 0.25) is 0 Å². The van der Waals surface area contributed by atoms with E-state index < -0.39 is 6.16 Å². The number of carbonyl (C=O) groups is 1. The molecule has 0 saturated heterocycles. The summed E-state index contributed by atoms with van der Waals surface area (Å²) in [6, 6.07) is 0. The van der Waals surface area contributed by atoms with Crippen molar-refractivity contribution in [2.24, 2.45) is 0 Å². The Kier molecular flexibility index (Phi) is 25.0. The van der Waals surface area contributed by atoms with Gasteiger partial charge in [0.05, 0.1) is 0 Å². The van der Waals surface area contributed by atoms with Crippen LogP contribution in [0.15, 0.2) is 0 Å². The van der Waals surface area contributed by atoms with Gasteiger partial charge >= 0.3 is 66.9 Å². The van der Waals surface area contributed by atoms with Gasteiger partial charge in [0.25, 0.3) is 0 Å². The molecule has 6 heavy (non-hydrogen) atoms. The molecule has 0 aliphatic rings. The molecule has 3 nitrogen and oxygen atoms in total. The molecule has 0 aromatic rings. The first-order valence-electron chi connectivity index (χ1n) is 0.651. The van der Waals surface area contributed by atoms with E-state index in [1.54, 1.807) is 0 Å². The molecule has 0 amide bonds. The van der Waals surface area contributed by atoms with Gasteiger partial charge in [0.1, 0.15) is 0 Å². The van der Waals surface area contributed by atoms with Gasteiger partial charge in [-0.3, -0.25) is 0 Å². The number of hydrogen-bond acceptors (Lipinski definition) is 1. The summed E-state index contributed by atoms with van der Waals surface area (Å²) in [4.78, 5) is 8.56. The van der Waals surface area contributed by atoms with Gasteiger partial charge in [-0.15, -0.1) is 0 Å². The van der Waals surface area contributed by atoms with Crippen LogP contribution in [0.3, 0.4) is 0 Å². The number of rotatable bonds is 0. The summed E-state index contributed by atoms with van der Waals surface area (Å²) in [5.41, 5.74) is 0. The second-order valence-corrected chi connectivity index (χ2v) is 0.283. The monoisotopic (exact) mass is 130 g/mol. The molecule has 2 N–H and O–H groups in total. The van der Waals surface area contributed by atoms with Crippen LogP contribution in [-0.4, -0.2) is 77.2 Å². The summed E-state index contributed by atoms with van der Waals surface area (Å²) in [6.07, 6.45) is -1.83. The molecule has 0 aliphatic carbocycles. The summed E-state index contributed by atoms with van der Waals surface area (Å²) in [5, 5.41) is 13.9. The van der Waals surface area contributed by atoms with E-state index in [1.807, 2.05) is 0 Å². The first-order valence-corrected chi connectivity index (χ1v) is 0.651. The van der Waals surface area contributed by atoms with E-state index in [2.05, 4.69) is 0 Å². The van der Waals surface area contributed by atoms with E-state index in [9.17, 15) is 0 Å². The Hall–Kier alpha value is 1.30. The smallest absolute Gasteiger partial charge is 0.316 e. The van der Waals surface area contributed by atoms with Crippen molar-refractivity contribution in [3.05, 3.63) is 0 Å². The zero-order valence-electron chi connectivity index (χ0n) is 1.80. The zero-order valence-corrected chi connectivity index (χ0v) is 1.80. The van der Waals surface area contributed by atoms with Crippen LogP contribution in [0.5, 0.6) is 0 Å². The summed E-state index contributed by atoms with van der Waals surface area (Å²) >= 11 is 0. The SMILES string of the molecule is O=C(O)O.[CaH2].[MgH2]. The summed E-state index contributed by atoms with van der Waals surface area (Å²) in [6.45, 7) is 0. The molecule has 0 rings (SSSR count). The van der Waals surface area contributed by atoms with Crippen molar-refractivity contribution in [1.29, 1.82) is 0 Å². The molecule has 0 heterocycles. The minimum absolute atomic E-state index is 0. The summed E-state index contributed by atoms with van der Waals surface area (Å²) in [7, 11) is 0. The Morgan fingerprint density at radius 3 is 1.33 bits per heavy atom. The third-order valence-electron chi connectivity index (χ3n) is 0. The average molecular weight is 130 g/mol. The van der Waals surface area contributed by atoms with E-state index in [0.717, 1.165) is 0 Å². The van der Waals surface area contributed by atoms with Crippen LogP contribution in [-0.2, 0) is 0 Å². The fraction of sp³-hybridized carbons (Fsp3) is 0. The van der Waals surface area contributed by atoms with Crippen LogP contribution in [0, 0.1) is 0 Å². The standard InChI is InChI=1S/CH2O3.Ca.Mg.4H/c2-1(3)4;;;;;;/h(H2,2,3,4);;;;;;. The molecule has 0 atom stereocenters. The molecular weight excluding hydrogens is 124 g/mol. The predicted molar refractivity (Wildman–Crippen MR) is 27.7 cm³/mol. The maximum absolute atomic E-state index is 8.56. The Bertz CT molecular complexity index is 33.8. The van der Waals surface area contributed by atoms with E-state index in [-0.39, 0.29) is 60.8 Å². The van der Waals surface area contributed by atoms with Gasteiger partial charge in [-0.2, -0.15) is 0 Å². The van der Waals surface area contributed by atoms with Gasteiger partial charge in [-0.05, 0) is 0 Å². The second kappa shape index (κ2) is 9.57. The summed E-state index contributed by atoms with van der Waals surface area (Å²) in [5.74, 6) is 0. The molecule has 0 saturated carbocycles. The first kappa shape index (κ1) is 15.7. The van der Waals surface area contributed by atoms with Crippen LogP contribution in [0.25, 0.3) is 0 Å². The van der Waals surface area contributed by atoms with Crippen molar-refractivity contribution in [3.63, 3.8) is 0 Å². The molecule has 0 unspecified atom stereocenters.